The molecule has 0 saturated heterocycles. The van der Waals surface area contributed by atoms with Gasteiger partial charge >= 0.3 is 5.97 Å². The molecule has 20 heavy (non-hydrogen) atoms. The maximum absolute atomic E-state index is 11.0. The zero-order chi connectivity index (χ0) is 15.3. The molecule has 0 bridgehead atoms. The fraction of sp³-hybridized carbons (Fsp3) is 0.385. The lowest BCUT2D eigenvalue weighted by Crippen LogP contribution is -2.41. The Kier molecular flexibility index (Phi) is 5.53. The minimum Gasteiger partial charge on any atom is -0.480 e. The average Bonchev–Trinajstić information content (AvgIpc) is 2.33. The van der Waals surface area contributed by atoms with Gasteiger partial charge in [-0.25, -0.2) is 4.79 Å². The van der Waals surface area contributed by atoms with Crippen LogP contribution >= 0.6 is 11.8 Å². The predicted molar refractivity (Wildman–Crippen MR) is 74.4 cm³/mol. The van der Waals surface area contributed by atoms with Crippen LogP contribution in [-0.2, 0) is 9.59 Å². The zero-order valence-corrected chi connectivity index (χ0v) is 12.2. The molecule has 0 aliphatic heterocycles. The third kappa shape index (κ3) is 4.24. The second kappa shape index (κ2) is 6.91. The number of pyridine rings is 1. The second-order valence-corrected chi connectivity index (χ2v) is 5.30. The van der Waals surface area contributed by atoms with Crippen molar-refractivity contribution in [1.82, 2.24) is 10.3 Å². The third-order valence-electron chi connectivity index (χ3n) is 2.49. The van der Waals surface area contributed by atoms with Crippen molar-refractivity contribution < 1.29 is 14.7 Å². The van der Waals surface area contributed by atoms with Crippen molar-refractivity contribution in [3.8, 4) is 6.07 Å². The Morgan fingerprint density at radius 2 is 2.20 bits per heavy atom. The number of rotatable bonds is 5. The Morgan fingerprint density at radius 3 is 2.70 bits per heavy atom. The molecule has 6 nitrogen and oxygen atoms in total. The van der Waals surface area contributed by atoms with Gasteiger partial charge in [0.25, 0.3) is 0 Å². The molecule has 1 aromatic heterocycles. The molecule has 0 aromatic carbocycles. The number of thioether (sulfide) groups is 1. The van der Waals surface area contributed by atoms with E-state index in [0.717, 1.165) is 5.69 Å². The first-order valence-electron chi connectivity index (χ1n) is 5.86. The SMILES string of the molecule is CC(=O)NC(CSc1cc(C)nc(C)c1C#N)C(=O)O. The average molecular weight is 293 g/mol. The van der Waals surface area contributed by atoms with Gasteiger partial charge in [-0.15, -0.1) is 11.8 Å². The first-order chi connectivity index (χ1) is 9.35. The maximum Gasteiger partial charge on any atom is 0.327 e. The van der Waals surface area contributed by atoms with Gasteiger partial charge in [0.15, 0.2) is 0 Å². The van der Waals surface area contributed by atoms with Gasteiger partial charge in [-0.2, -0.15) is 5.26 Å². The number of carbonyl (C=O) groups excluding carboxylic acids is 1. The molecule has 0 saturated carbocycles. The number of nitriles is 1. The number of aromatic nitrogens is 1. The van der Waals surface area contributed by atoms with Gasteiger partial charge in [0, 0.05) is 23.3 Å². The quantitative estimate of drug-likeness (QED) is 0.792. The fourth-order valence-electron chi connectivity index (χ4n) is 1.64. The highest BCUT2D eigenvalue weighted by molar-refractivity contribution is 7.99. The fourth-order valence-corrected chi connectivity index (χ4v) is 2.80. The normalized spacial score (nSPS) is 11.5. The lowest BCUT2D eigenvalue weighted by molar-refractivity contribution is -0.140. The molecule has 0 fully saturated rings. The number of carboxylic acids is 1. The molecule has 7 heteroatoms. The molecule has 1 amide bonds. The molecule has 1 aromatic rings. The highest BCUT2D eigenvalue weighted by Crippen LogP contribution is 2.25. The van der Waals surface area contributed by atoms with Crippen LogP contribution in [0.3, 0.4) is 0 Å². The number of carbonyl (C=O) groups is 2. The van der Waals surface area contributed by atoms with E-state index in [4.69, 9.17) is 10.4 Å². The van der Waals surface area contributed by atoms with E-state index in [0.29, 0.717) is 16.2 Å². The van der Waals surface area contributed by atoms with E-state index >= 15 is 0 Å². The van der Waals surface area contributed by atoms with E-state index in [1.807, 2.05) is 0 Å². The molecule has 2 N–H and O–H groups in total. The van der Waals surface area contributed by atoms with Crippen LogP contribution < -0.4 is 5.32 Å². The highest BCUT2D eigenvalue weighted by Gasteiger charge is 2.19. The lowest BCUT2D eigenvalue weighted by atomic mass is 10.2. The number of aliphatic carboxylic acids is 1. The monoisotopic (exact) mass is 293 g/mol. The topological polar surface area (TPSA) is 103 Å². The van der Waals surface area contributed by atoms with Gasteiger partial charge in [-0.1, -0.05) is 0 Å². The Hall–Kier alpha value is -2.07. The van der Waals surface area contributed by atoms with Crippen LogP contribution in [0.15, 0.2) is 11.0 Å². The molecule has 1 atom stereocenters. The molecule has 0 spiro atoms. The number of nitrogens with zero attached hydrogens (tertiary/aromatic N) is 2. The largest absolute Gasteiger partial charge is 0.480 e. The molecule has 1 rings (SSSR count). The molecule has 0 aliphatic rings. The lowest BCUT2D eigenvalue weighted by Gasteiger charge is -2.14. The van der Waals surface area contributed by atoms with Crippen molar-refractivity contribution in [2.45, 2.75) is 31.7 Å². The summed E-state index contributed by atoms with van der Waals surface area (Å²) in [7, 11) is 0. The van der Waals surface area contributed by atoms with Gasteiger partial charge in [0.05, 0.1) is 11.3 Å². The van der Waals surface area contributed by atoms with Gasteiger partial charge in [0.2, 0.25) is 5.91 Å². The Labute approximate surface area is 121 Å². The van der Waals surface area contributed by atoms with Crippen molar-refractivity contribution in [2.75, 3.05) is 5.75 Å². The predicted octanol–water partition coefficient (Wildman–Crippen LogP) is 1.25. The van der Waals surface area contributed by atoms with E-state index in [1.165, 1.54) is 18.7 Å². The van der Waals surface area contributed by atoms with Crippen LogP contribution in [-0.4, -0.2) is 33.8 Å². The van der Waals surface area contributed by atoms with Crippen LogP contribution in [0.5, 0.6) is 0 Å². The number of hydrogen-bond donors (Lipinski definition) is 2. The molecule has 106 valence electrons. The van der Waals surface area contributed by atoms with Crippen LogP contribution in [0.4, 0.5) is 0 Å². The summed E-state index contributed by atoms with van der Waals surface area (Å²) in [6.07, 6.45) is 0. The van der Waals surface area contributed by atoms with E-state index in [9.17, 15) is 9.59 Å². The van der Waals surface area contributed by atoms with E-state index < -0.39 is 17.9 Å². The molecule has 1 unspecified atom stereocenters. The second-order valence-electron chi connectivity index (χ2n) is 4.24. The summed E-state index contributed by atoms with van der Waals surface area (Å²) in [6, 6.07) is 2.82. The third-order valence-corrected chi connectivity index (χ3v) is 3.62. The summed E-state index contributed by atoms with van der Waals surface area (Å²) in [4.78, 5) is 26.9. The zero-order valence-electron chi connectivity index (χ0n) is 11.4. The Bertz CT molecular complexity index is 581. The molecule has 0 aliphatic carbocycles. The van der Waals surface area contributed by atoms with Crippen molar-refractivity contribution >= 4 is 23.6 Å². The number of amides is 1. The van der Waals surface area contributed by atoms with Crippen molar-refractivity contribution in [3.05, 3.63) is 23.0 Å². The van der Waals surface area contributed by atoms with Crippen LogP contribution in [0.2, 0.25) is 0 Å². The smallest absolute Gasteiger partial charge is 0.327 e. The number of aryl methyl sites for hydroxylation is 2. The number of hydrogen-bond acceptors (Lipinski definition) is 5. The number of carboxylic acid groups (broad SMARTS) is 1. The summed E-state index contributed by atoms with van der Waals surface area (Å²) in [6.45, 7) is 4.81. The van der Waals surface area contributed by atoms with Crippen LogP contribution in [0.25, 0.3) is 0 Å². The first-order valence-corrected chi connectivity index (χ1v) is 6.84. The van der Waals surface area contributed by atoms with Crippen LogP contribution in [0.1, 0.15) is 23.9 Å². The summed E-state index contributed by atoms with van der Waals surface area (Å²) in [5.74, 6) is -1.36. The summed E-state index contributed by atoms with van der Waals surface area (Å²) < 4.78 is 0. The highest BCUT2D eigenvalue weighted by atomic mass is 32.2. The Balaban J connectivity index is 2.91. The van der Waals surface area contributed by atoms with Crippen molar-refractivity contribution in [2.24, 2.45) is 0 Å². The van der Waals surface area contributed by atoms with Gasteiger partial charge in [-0.05, 0) is 19.9 Å². The summed E-state index contributed by atoms with van der Waals surface area (Å²) >= 11 is 1.22. The maximum atomic E-state index is 11.0. The summed E-state index contributed by atoms with van der Waals surface area (Å²) in [5, 5.41) is 20.5. The minimum absolute atomic E-state index is 0.145. The van der Waals surface area contributed by atoms with Gasteiger partial charge < -0.3 is 10.4 Å². The van der Waals surface area contributed by atoms with Crippen molar-refractivity contribution in [3.63, 3.8) is 0 Å². The standard InChI is InChI=1S/C13H15N3O3S/c1-7-4-12(10(5-14)8(2)15-7)20-6-11(13(18)19)16-9(3)17/h4,11H,6H2,1-3H3,(H,16,17)(H,18,19). The minimum atomic E-state index is -1.10. The van der Waals surface area contributed by atoms with E-state index in [-0.39, 0.29) is 5.75 Å². The summed E-state index contributed by atoms with van der Waals surface area (Å²) in [5.41, 5.74) is 1.81. The molecular weight excluding hydrogens is 278 g/mol. The van der Waals surface area contributed by atoms with E-state index in [2.05, 4.69) is 16.4 Å². The van der Waals surface area contributed by atoms with Crippen LogP contribution in [0, 0.1) is 25.2 Å². The van der Waals surface area contributed by atoms with Gasteiger partial charge in [-0.3, -0.25) is 9.78 Å². The molecule has 0 radical (unpaired) electrons. The first kappa shape index (κ1) is 16.0. The Morgan fingerprint density at radius 1 is 1.55 bits per heavy atom. The number of nitrogens with one attached hydrogen (secondary N) is 1. The molecular formula is C13H15N3O3S. The van der Waals surface area contributed by atoms with E-state index in [1.54, 1.807) is 19.9 Å². The van der Waals surface area contributed by atoms with Crippen molar-refractivity contribution in [1.29, 1.82) is 5.26 Å². The molecule has 1 heterocycles. The van der Waals surface area contributed by atoms with Gasteiger partial charge in [0.1, 0.15) is 12.1 Å².